The fourth-order valence-electron chi connectivity index (χ4n) is 1.03. The number of halogens is 4. The summed E-state index contributed by atoms with van der Waals surface area (Å²) in [5.74, 6) is -0.0421. The van der Waals surface area contributed by atoms with Crippen molar-refractivity contribution in [3.8, 4) is 11.5 Å². The highest BCUT2D eigenvalue weighted by Crippen LogP contribution is 2.41. The summed E-state index contributed by atoms with van der Waals surface area (Å²) in [5.41, 5.74) is 0.165. The monoisotopic (exact) mass is 478 g/mol. The van der Waals surface area contributed by atoms with Gasteiger partial charge < -0.3 is 9.84 Å². The van der Waals surface area contributed by atoms with E-state index >= 15 is 0 Å². The molecule has 0 aliphatic rings. The molecule has 1 rings (SSSR count). The molecule has 3 nitrogen and oxygen atoms in total. The van der Waals surface area contributed by atoms with Crippen molar-refractivity contribution in [1.29, 1.82) is 0 Å². The molecule has 0 saturated heterocycles. The Morgan fingerprint density at radius 1 is 1.38 bits per heavy atom. The third-order valence-corrected chi connectivity index (χ3v) is 3.47. The molecule has 16 heavy (non-hydrogen) atoms. The normalized spacial score (nSPS) is 11.3. The lowest BCUT2D eigenvalue weighted by molar-refractivity contribution is 0.100. The maximum absolute atomic E-state index is 11.9. The molecule has 0 bridgehead atoms. The van der Waals surface area contributed by atoms with Gasteiger partial charge in [-0.25, -0.2) is 0 Å². The Balaban J connectivity index is 3.27. The van der Waals surface area contributed by atoms with Crippen molar-refractivity contribution in [3.05, 3.63) is 22.2 Å². The largest absolute Gasteiger partial charge is 0.507 e. The second-order valence-electron chi connectivity index (χ2n) is 2.83. The first kappa shape index (κ1) is 14.5. The highest BCUT2D eigenvalue weighted by atomic mass is 80.0. The van der Waals surface area contributed by atoms with Gasteiger partial charge in [0.25, 0.3) is 0 Å². The highest BCUT2D eigenvalue weighted by molar-refractivity contribution is 9.40. The minimum Gasteiger partial charge on any atom is -0.507 e. The van der Waals surface area contributed by atoms with Crippen molar-refractivity contribution in [3.63, 3.8) is 0 Å². The van der Waals surface area contributed by atoms with Gasteiger partial charge >= 0.3 is 0 Å². The van der Waals surface area contributed by atoms with Crippen molar-refractivity contribution >= 4 is 69.5 Å². The molecule has 0 spiro atoms. The number of carbonyl (C=O) groups is 1. The molecular weight excluding hydrogens is 476 g/mol. The van der Waals surface area contributed by atoms with Crippen molar-refractivity contribution < 1.29 is 14.6 Å². The predicted molar refractivity (Wildman–Crippen MR) is 76.2 cm³/mol. The molecule has 1 aromatic rings. The summed E-state index contributed by atoms with van der Waals surface area (Å²) in [6, 6.07) is 2.87. The van der Waals surface area contributed by atoms with Crippen LogP contribution in [0.5, 0.6) is 11.5 Å². The van der Waals surface area contributed by atoms with E-state index in [2.05, 4.69) is 63.7 Å². The highest BCUT2D eigenvalue weighted by Gasteiger charge is 2.32. The Labute approximate surface area is 126 Å². The molecule has 0 aliphatic heterocycles. The summed E-state index contributed by atoms with van der Waals surface area (Å²) in [6.07, 6.45) is 0. The molecule has 7 heteroatoms. The van der Waals surface area contributed by atoms with Gasteiger partial charge in [-0.15, -0.1) is 0 Å². The van der Waals surface area contributed by atoms with Crippen LogP contribution in [0.4, 0.5) is 0 Å². The predicted octanol–water partition coefficient (Wildman–Crippen LogP) is 4.18. The number of hydrogen-bond acceptors (Lipinski definition) is 3. The van der Waals surface area contributed by atoms with Gasteiger partial charge in [0.15, 0.2) is 2.14 Å². The summed E-state index contributed by atoms with van der Waals surface area (Å²) in [4.78, 5) is 11.9. The van der Waals surface area contributed by atoms with Crippen molar-refractivity contribution in [2.24, 2.45) is 0 Å². The molecule has 0 unspecified atom stereocenters. The number of methoxy groups -OCH3 is 1. The second kappa shape index (κ2) is 5.37. The average molecular weight is 482 g/mol. The van der Waals surface area contributed by atoms with Crippen LogP contribution in [0.2, 0.25) is 0 Å². The molecule has 0 fully saturated rings. The lowest BCUT2D eigenvalue weighted by Gasteiger charge is -2.13. The first-order valence-electron chi connectivity index (χ1n) is 3.95. The number of ether oxygens (including phenoxy) is 1. The van der Waals surface area contributed by atoms with Crippen LogP contribution in [0.25, 0.3) is 0 Å². The van der Waals surface area contributed by atoms with Crippen molar-refractivity contribution in [2.75, 3.05) is 7.11 Å². The smallest absolute Gasteiger partial charge is 0.204 e. The Kier molecular flexibility index (Phi) is 4.86. The number of hydrogen-bond donors (Lipinski definition) is 1. The lowest BCUT2D eigenvalue weighted by atomic mass is 10.1. The summed E-state index contributed by atoms with van der Waals surface area (Å²) in [5, 5.41) is 9.70. The average Bonchev–Trinajstić information content (AvgIpc) is 2.18. The van der Waals surface area contributed by atoms with Crippen LogP contribution in [0, 0.1) is 0 Å². The number of alkyl halides is 3. The summed E-state index contributed by atoms with van der Waals surface area (Å²) >= 11 is 12.5. The summed E-state index contributed by atoms with van der Waals surface area (Å²) in [7, 11) is 1.48. The molecule has 0 amide bonds. The minimum atomic E-state index is -1.08. The Bertz CT molecular complexity index is 425. The van der Waals surface area contributed by atoms with Gasteiger partial charge in [-0.1, -0.05) is 47.8 Å². The van der Waals surface area contributed by atoms with E-state index in [1.54, 1.807) is 0 Å². The van der Waals surface area contributed by atoms with Gasteiger partial charge in [0.05, 0.1) is 17.1 Å². The van der Waals surface area contributed by atoms with Gasteiger partial charge in [0.1, 0.15) is 11.5 Å². The van der Waals surface area contributed by atoms with Gasteiger partial charge in [0.2, 0.25) is 5.78 Å². The fourth-order valence-corrected chi connectivity index (χ4v) is 2.18. The number of carbonyl (C=O) groups excluding carboxylic acids is 1. The van der Waals surface area contributed by atoms with Crippen LogP contribution in [-0.4, -0.2) is 20.1 Å². The number of ketones is 1. The fraction of sp³-hybridized carbons (Fsp3) is 0.222. The van der Waals surface area contributed by atoms with Crippen LogP contribution in [0.15, 0.2) is 16.6 Å². The third kappa shape index (κ3) is 3.21. The molecule has 0 atom stereocenters. The summed E-state index contributed by atoms with van der Waals surface area (Å²) in [6.45, 7) is 0. The molecule has 0 heterocycles. The lowest BCUT2D eigenvalue weighted by Crippen LogP contribution is -2.17. The maximum atomic E-state index is 11.9. The van der Waals surface area contributed by atoms with Gasteiger partial charge in [-0.05, 0) is 22.0 Å². The topological polar surface area (TPSA) is 46.5 Å². The van der Waals surface area contributed by atoms with E-state index in [-0.39, 0.29) is 17.1 Å². The van der Waals surface area contributed by atoms with Gasteiger partial charge in [0, 0.05) is 6.07 Å². The first-order chi connectivity index (χ1) is 7.27. The number of aromatic hydroxyl groups is 1. The zero-order valence-electron chi connectivity index (χ0n) is 7.93. The standard InChI is InChI=1S/C9H6Br4O3/c1-16-7-3-6(14)4(2-5(7)10)8(15)9(11,12)13/h2-3,14H,1H3. The van der Waals surface area contributed by atoms with Gasteiger partial charge in [-0.2, -0.15) is 0 Å². The Morgan fingerprint density at radius 2 is 1.94 bits per heavy atom. The van der Waals surface area contributed by atoms with Gasteiger partial charge in [-0.3, -0.25) is 4.79 Å². The van der Waals surface area contributed by atoms with E-state index in [1.807, 2.05) is 0 Å². The number of benzene rings is 1. The SMILES string of the molecule is COc1cc(O)c(C(=O)C(Br)(Br)Br)cc1Br. The molecule has 0 saturated carbocycles. The number of Topliss-reactive ketones (excluding diaryl/α,β-unsaturated/α-hetero) is 1. The Hall–Kier alpha value is 0.410. The summed E-state index contributed by atoms with van der Waals surface area (Å²) < 4.78 is 4.50. The van der Waals surface area contributed by atoms with E-state index in [1.165, 1.54) is 19.2 Å². The molecule has 1 aromatic carbocycles. The first-order valence-corrected chi connectivity index (χ1v) is 7.12. The number of phenolic OH excluding ortho intramolecular Hbond substituents is 1. The van der Waals surface area contributed by atoms with Crippen LogP contribution in [0.1, 0.15) is 10.4 Å². The Morgan fingerprint density at radius 3 is 2.38 bits per heavy atom. The molecule has 88 valence electrons. The van der Waals surface area contributed by atoms with Crippen molar-refractivity contribution in [1.82, 2.24) is 0 Å². The van der Waals surface area contributed by atoms with E-state index in [9.17, 15) is 9.90 Å². The zero-order valence-corrected chi connectivity index (χ0v) is 14.3. The molecule has 0 radical (unpaired) electrons. The van der Waals surface area contributed by atoms with E-state index in [0.717, 1.165) is 0 Å². The van der Waals surface area contributed by atoms with Crippen LogP contribution in [0.3, 0.4) is 0 Å². The maximum Gasteiger partial charge on any atom is 0.204 e. The van der Waals surface area contributed by atoms with E-state index in [0.29, 0.717) is 10.2 Å². The third-order valence-electron chi connectivity index (χ3n) is 1.77. The van der Waals surface area contributed by atoms with E-state index < -0.39 is 2.14 Å². The van der Waals surface area contributed by atoms with Crippen LogP contribution in [-0.2, 0) is 0 Å². The molecule has 1 N–H and O–H groups in total. The van der Waals surface area contributed by atoms with E-state index in [4.69, 9.17) is 4.74 Å². The molecule has 0 aliphatic carbocycles. The number of phenols is 1. The molecule has 0 aromatic heterocycles. The zero-order chi connectivity index (χ0) is 12.5. The quantitative estimate of drug-likeness (QED) is 0.509. The van der Waals surface area contributed by atoms with Crippen molar-refractivity contribution in [2.45, 2.75) is 2.14 Å². The van der Waals surface area contributed by atoms with Crippen LogP contribution < -0.4 is 4.74 Å². The number of rotatable bonds is 2. The molecular formula is C9H6Br4O3. The second-order valence-corrected chi connectivity index (χ2v) is 10.4. The van der Waals surface area contributed by atoms with Crippen LogP contribution >= 0.6 is 63.7 Å². The minimum absolute atomic E-state index is 0.146.